The van der Waals surface area contributed by atoms with E-state index in [-0.39, 0.29) is 30.1 Å². The monoisotopic (exact) mass is 550 g/mol. The second kappa shape index (κ2) is 10.5. The molecule has 27 heavy (non-hydrogen) atoms. The van der Waals surface area contributed by atoms with Gasteiger partial charge in [-0.15, -0.1) is 24.0 Å². The van der Waals surface area contributed by atoms with E-state index in [0.717, 1.165) is 36.2 Å². The number of carbonyl (C=O) groups is 1. The normalized spacial score (nSPS) is 22.6. The van der Waals surface area contributed by atoms with Gasteiger partial charge in [-0.1, -0.05) is 28.1 Å². The molecular weight excluding hydrogens is 523 g/mol. The lowest BCUT2D eigenvalue weighted by Crippen LogP contribution is -2.50. The van der Waals surface area contributed by atoms with Crippen LogP contribution in [-0.4, -0.2) is 55.8 Å². The summed E-state index contributed by atoms with van der Waals surface area (Å²) >= 11 is 3.49. The minimum absolute atomic E-state index is 0. The summed E-state index contributed by atoms with van der Waals surface area (Å²) in [6.07, 6.45) is 2.70. The van der Waals surface area contributed by atoms with Crippen molar-refractivity contribution in [1.29, 1.82) is 0 Å². The van der Waals surface area contributed by atoms with Gasteiger partial charge >= 0.3 is 6.09 Å². The Kier molecular flexibility index (Phi) is 8.65. The lowest BCUT2D eigenvalue weighted by molar-refractivity contribution is 0.111. The summed E-state index contributed by atoms with van der Waals surface area (Å²) in [7, 11) is 1.43. The van der Waals surface area contributed by atoms with Crippen LogP contribution in [0.25, 0.3) is 0 Å². The maximum absolute atomic E-state index is 11.6. The Morgan fingerprint density at radius 3 is 2.52 bits per heavy atom. The van der Waals surface area contributed by atoms with Gasteiger partial charge in [0.2, 0.25) is 0 Å². The summed E-state index contributed by atoms with van der Waals surface area (Å²) in [5.41, 5.74) is 1.37. The Hall–Kier alpha value is -1.03. The predicted molar refractivity (Wildman–Crippen MR) is 122 cm³/mol. The molecule has 1 saturated carbocycles. The quantitative estimate of drug-likeness (QED) is 0.341. The third-order valence-electron chi connectivity index (χ3n) is 5.00. The molecule has 0 spiro atoms. The summed E-state index contributed by atoms with van der Waals surface area (Å²) in [6.45, 7) is 4.22. The molecule has 2 atom stereocenters. The number of ether oxygens (including phenoxy) is 1. The van der Waals surface area contributed by atoms with Crippen molar-refractivity contribution >= 4 is 52.0 Å². The zero-order chi connectivity index (χ0) is 18.5. The Labute approximate surface area is 186 Å². The fourth-order valence-electron chi connectivity index (χ4n) is 3.43. The van der Waals surface area contributed by atoms with E-state index in [0.29, 0.717) is 31.1 Å². The molecule has 1 amide bonds. The predicted octanol–water partition coefficient (Wildman–Crippen LogP) is 3.71. The molecule has 2 unspecified atom stereocenters. The summed E-state index contributed by atoms with van der Waals surface area (Å²) in [5.74, 6) is 1.43. The Morgan fingerprint density at radius 2 is 1.93 bits per heavy atom. The van der Waals surface area contributed by atoms with Crippen molar-refractivity contribution < 1.29 is 9.53 Å². The van der Waals surface area contributed by atoms with Gasteiger partial charge in [0, 0.05) is 42.1 Å². The van der Waals surface area contributed by atoms with E-state index in [1.54, 1.807) is 4.90 Å². The molecule has 150 valence electrons. The maximum atomic E-state index is 11.6. The number of aliphatic imine (C=N–C) groups is 1. The molecule has 0 aromatic heterocycles. The molecule has 1 heterocycles. The van der Waals surface area contributed by atoms with E-state index in [9.17, 15) is 4.79 Å². The summed E-state index contributed by atoms with van der Waals surface area (Å²) < 4.78 is 5.90. The smallest absolute Gasteiger partial charge is 0.409 e. The number of amides is 1. The summed E-state index contributed by atoms with van der Waals surface area (Å²) in [4.78, 5) is 17.9. The van der Waals surface area contributed by atoms with Crippen LogP contribution in [0, 0.1) is 0 Å². The van der Waals surface area contributed by atoms with E-state index in [1.165, 1.54) is 12.7 Å². The number of nitrogens with zero attached hydrogens (tertiary/aromatic N) is 2. The maximum Gasteiger partial charge on any atom is 0.409 e. The van der Waals surface area contributed by atoms with Gasteiger partial charge in [-0.05, 0) is 43.9 Å². The van der Waals surface area contributed by atoms with Gasteiger partial charge in [-0.3, -0.25) is 4.99 Å². The van der Waals surface area contributed by atoms with Crippen LogP contribution in [-0.2, 0) is 4.74 Å². The van der Waals surface area contributed by atoms with Crippen LogP contribution in [0.4, 0.5) is 4.79 Å². The number of rotatable bonds is 4. The van der Waals surface area contributed by atoms with Crippen molar-refractivity contribution in [2.24, 2.45) is 4.99 Å². The summed E-state index contributed by atoms with van der Waals surface area (Å²) in [5, 5.41) is 7.11. The van der Waals surface area contributed by atoms with Crippen molar-refractivity contribution in [3.63, 3.8) is 0 Å². The number of hydrogen-bond acceptors (Lipinski definition) is 3. The van der Waals surface area contributed by atoms with Gasteiger partial charge in [-0.25, -0.2) is 4.79 Å². The standard InChI is InChI=1S/C19H27BrN4O2.HI/c1-3-21-18(22-15-8-10-24(11-9-15)19(25)26-2)23-17-12-16(17)13-4-6-14(20)7-5-13;/h4-7,15-17H,3,8-12H2,1-2H3,(H2,21,22,23);1H. The first-order valence-corrected chi connectivity index (χ1v) is 10.1. The Morgan fingerprint density at radius 1 is 1.26 bits per heavy atom. The molecule has 3 rings (SSSR count). The first-order chi connectivity index (χ1) is 12.6. The van der Waals surface area contributed by atoms with Gasteiger partial charge in [0.25, 0.3) is 0 Å². The van der Waals surface area contributed by atoms with Crippen LogP contribution in [0.3, 0.4) is 0 Å². The fraction of sp³-hybridized carbons (Fsp3) is 0.579. The SMILES string of the molecule is CCN=C(NC1CCN(C(=O)OC)CC1)NC1CC1c1ccc(Br)cc1.I. The molecule has 1 aromatic rings. The van der Waals surface area contributed by atoms with Crippen molar-refractivity contribution in [2.45, 2.75) is 44.2 Å². The number of nitrogens with one attached hydrogen (secondary N) is 2. The van der Waals surface area contributed by atoms with Gasteiger partial charge in [0.1, 0.15) is 0 Å². The highest BCUT2D eigenvalue weighted by Crippen LogP contribution is 2.41. The molecule has 1 aliphatic heterocycles. The van der Waals surface area contributed by atoms with Crippen LogP contribution in [0.5, 0.6) is 0 Å². The zero-order valence-electron chi connectivity index (χ0n) is 15.8. The molecule has 2 N–H and O–H groups in total. The van der Waals surface area contributed by atoms with E-state index in [1.807, 2.05) is 6.92 Å². The largest absolute Gasteiger partial charge is 0.453 e. The number of likely N-dealkylation sites (tertiary alicyclic amines) is 1. The molecule has 2 fully saturated rings. The minimum atomic E-state index is -0.237. The molecule has 1 aliphatic carbocycles. The van der Waals surface area contributed by atoms with Crippen molar-refractivity contribution in [1.82, 2.24) is 15.5 Å². The number of methoxy groups -OCH3 is 1. The van der Waals surface area contributed by atoms with Crippen LogP contribution >= 0.6 is 39.9 Å². The van der Waals surface area contributed by atoms with Gasteiger partial charge in [0.05, 0.1) is 7.11 Å². The van der Waals surface area contributed by atoms with Crippen molar-refractivity contribution in [3.8, 4) is 0 Å². The number of benzene rings is 1. The Balaban J connectivity index is 0.00000261. The van der Waals surface area contributed by atoms with Crippen LogP contribution < -0.4 is 10.6 Å². The minimum Gasteiger partial charge on any atom is -0.453 e. The average molecular weight is 551 g/mol. The first kappa shape index (κ1) is 22.3. The number of guanidine groups is 1. The van der Waals surface area contributed by atoms with Gasteiger partial charge < -0.3 is 20.3 Å². The molecule has 8 heteroatoms. The van der Waals surface area contributed by atoms with Gasteiger partial charge in [-0.2, -0.15) is 0 Å². The third-order valence-corrected chi connectivity index (χ3v) is 5.52. The van der Waals surface area contributed by atoms with Crippen molar-refractivity contribution in [2.75, 3.05) is 26.7 Å². The lowest BCUT2D eigenvalue weighted by Gasteiger charge is -2.32. The highest BCUT2D eigenvalue weighted by molar-refractivity contribution is 14.0. The van der Waals surface area contributed by atoms with Gasteiger partial charge in [0.15, 0.2) is 5.96 Å². The molecule has 6 nitrogen and oxygen atoms in total. The first-order valence-electron chi connectivity index (χ1n) is 9.26. The van der Waals surface area contributed by atoms with E-state index in [4.69, 9.17) is 4.74 Å². The molecule has 1 aromatic carbocycles. The van der Waals surface area contributed by atoms with Crippen LogP contribution in [0.15, 0.2) is 33.7 Å². The zero-order valence-corrected chi connectivity index (χ0v) is 19.7. The van der Waals surface area contributed by atoms with Crippen LogP contribution in [0.2, 0.25) is 0 Å². The Bertz CT molecular complexity index is 648. The number of piperidine rings is 1. The van der Waals surface area contributed by atoms with E-state index >= 15 is 0 Å². The highest BCUT2D eigenvalue weighted by Gasteiger charge is 2.39. The molecular formula is C19H28BrIN4O2. The van der Waals surface area contributed by atoms with E-state index in [2.05, 4.69) is 55.8 Å². The summed E-state index contributed by atoms with van der Waals surface area (Å²) in [6, 6.07) is 9.33. The topological polar surface area (TPSA) is 66.0 Å². The number of carbonyl (C=O) groups excluding carboxylic acids is 1. The van der Waals surface area contributed by atoms with Crippen LogP contribution in [0.1, 0.15) is 37.7 Å². The fourth-order valence-corrected chi connectivity index (χ4v) is 3.69. The number of halogens is 2. The number of hydrogen-bond donors (Lipinski definition) is 2. The molecule has 1 saturated heterocycles. The molecule has 2 aliphatic rings. The average Bonchev–Trinajstić information content (AvgIpc) is 3.41. The molecule has 0 bridgehead atoms. The lowest BCUT2D eigenvalue weighted by atomic mass is 10.1. The second-order valence-corrected chi connectivity index (χ2v) is 7.76. The van der Waals surface area contributed by atoms with Crippen molar-refractivity contribution in [3.05, 3.63) is 34.3 Å². The van der Waals surface area contributed by atoms with E-state index < -0.39 is 0 Å². The second-order valence-electron chi connectivity index (χ2n) is 6.84. The third kappa shape index (κ3) is 6.23. The molecule has 0 radical (unpaired) electrons. The highest BCUT2D eigenvalue weighted by atomic mass is 127.